The summed E-state index contributed by atoms with van der Waals surface area (Å²) in [4.78, 5) is 2.44. The molecule has 1 heterocycles. The predicted octanol–water partition coefficient (Wildman–Crippen LogP) is 2.68. The number of hydrogen-bond donors (Lipinski definition) is 1. The fourth-order valence-electron chi connectivity index (χ4n) is 2.20. The molecule has 1 aromatic rings. The highest BCUT2D eigenvalue weighted by molar-refractivity contribution is 5.74. The molecule has 0 aromatic heterocycles. The van der Waals surface area contributed by atoms with Crippen molar-refractivity contribution >= 4 is 11.4 Å². The van der Waals surface area contributed by atoms with Crippen molar-refractivity contribution in [1.29, 1.82) is 0 Å². The zero-order valence-electron chi connectivity index (χ0n) is 9.66. The topological polar surface area (TPSA) is 29.3 Å². The van der Waals surface area contributed by atoms with Crippen LogP contribution in [-0.4, -0.2) is 13.1 Å². The standard InChI is InChI=1S/C13H20N2/c1-10(2)6-8-15-9-7-11-4-3-5-12(14)13(11)15/h3-5,10H,6-9,14H2,1-2H3. The first kappa shape index (κ1) is 10.3. The molecular weight excluding hydrogens is 184 g/mol. The molecule has 0 unspecified atom stereocenters. The van der Waals surface area contributed by atoms with Gasteiger partial charge in [0.1, 0.15) is 0 Å². The molecule has 15 heavy (non-hydrogen) atoms. The third-order valence-electron chi connectivity index (χ3n) is 3.09. The van der Waals surface area contributed by atoms with Crippen molar-refractivity contribution in [2.75, 3.05) is 23.7 Å². The van der Waals surface area contributed by atoms with E-state index in [1.807, 2.05) is 6.07 Å². The molecule has 1 aromatic carbocycles. The second-order valence-corrected chi connectivity index (χ2v) is 4.77. The largest absolute Gasteiger partial charge is 0.397 e. The molecule has 0 spiro atoms. The molecule has 1 aliphatic heterocycles. The van der Waals surface area contributed by atoms with Crippen LogP contribution in [0.25, 0.3) is 0 Å². The van der Waals surface area contributed by atoms with E-state index in [9.17, 15) is 0 Å². The fourth-order valence-corrected chi connectivity index (χ4v) is 2.20. The van der Waals surface area contributed by atoms with Gasteiger partial charge in [0.2, 0.25) is 0 Å². The zero-order valence-corrected chi connectivity index (χ0v) is 9.66. The zero-order chi connectivity index (χ0) is 10.8. The number of anilines is 2. The Kier molecular flexibility index (Phi) is 2.85. The van der Waals surface area contributed by atoms with Crippen LogP contribution in [-0.2, 0) is 6.42 Å². The van der Waals surface area contributed by atoms with Crippen LogP contribution in [0.5, 0.6) is 0 Å². The van der Waals surface area contributed by atoms with Crippen LogP contribution in [0.1, 0.15) is 25.8 Å². The number of para-hydroxylation sites is 1. The van der Waals surface area contributed by atoms with Crippen LogP contribution in [0.3, 0.4) is 0 Å². The number of nitrogens with zero attached hydrogens (tertiary/aromatic N) is 1. The van der Waals surface area contributed by atoms with Crippen LogP contribution in [0, 0.1) is 5.92 Å². The van der Waals surface area contributed by atoms with Crippen LogP contribution >= 0.6 is 0 Å². The smallest absolute Gasteiger partial charge is 0.0633 e. The molecule has 2 nitrogen and oxygen atoms in total. The van der Waals surface area contributed by atoms with Crippen molar-refractivity contribution in [2.45, 2.75) is 26.7 Å². The van der Waals surface area contributed by atoms with Crippen LogP contribution < -0.4 is 10.6 Å². The number of nitrogens with two attached hydrogens (primary N) is 1. The highest BCUT2D eigenvalue weighted by Crippen LogP contribution is 2.33. The summed E-state index contributed by atoms with van der Waals surface area (Å²) in [6, 6.07) is 6.26. The van der Waals surface area contributed by atoms with Crippen molar-refractivity contribution in [3.63, 3.8) is 0 Å². The van der Waals surface area contributed by atoms with E-state index in [1.165, 1.54) is 17.7 Å². The SMILES string of the molecule is CC(C)CCN1CCc2cccc(N)c21. The van der Waals surface area contributed by atoms with Crippen molar-refractivity contribution in [1.82, 2.24) is 0 Å². The summed E-state index contributed by atoms with van der Waals surface area (Å²) in [5, 5.41) is 0. The Labute approximate surface area is 92.1 Å². The van der Waals surface area contributed by atoms with Gasteiger partial charge in [-0.05, 0) is 30.4 Å². The normalized spacial score (nSPS) is 14.7. The van der Waals surface area contributed by atoms with E-state index in [4.69, 9.17) is 5.73 Å². The third-order valence-corrected chi connectivity index (χ3v) is 3.09. The van der Waals surface area contributed by atoms with Crippen molar-refractivity contribution in [2.24, 2.45) is 5.92 Å². The van der Waals surface area contributed by atoms with Gasteiger partial charge in [-0.3, -0.25) is 0 Å². The minimum atomic E-state index is 0.763. The lowest BCUT2D eigenvalue weighted by Gasteiger charge is -2.21. The molecule has 0 saturated heterocycles. The van der Waals surface area contributed by atoms with E-state index in [-0.39, 0.29) is 0 Å². The first-order valence-electron chi connectivity index (χ1n) is 5.81. The maximum Gasteiger partial charge on any atom is 0.0633 e. The highest BCUT2D eigenvalue weighted by Gasteiger charge is 2.20. The van der Waals surface area contributed by atoms with Gasteiger partial charge >= 0.3 is 0 Å². The first-order valence-corrected chi connectivity index (χ1v) is 5.81. The van der Waals surface area contributed by atoms with Gasteiger partial charge in [0, 0.05) is 13.1 Å². The second kappa shape index (κ2) is 4.13. The number of hydrogen-bond acceptors (Lipinski definition) is 2. The number of rotatable bonds is 3. The Hall–Kier alpha value is -1.18. The summed E-state index contributed by atoms with van der Waals surface area (Å²) in [5.41, 5.74) is 9.67. The lowest BCUT2D eigenvalue weighted by atomic mass is 10.1. The average Bonchev–Trinajstić information content (AvgIpc) is 2.59. The van der Waals surface area contributed by atoms with Gasteiger partial charge in [-0.1, -0.05) is 26.0 Å². The lowest BCUT2D eigenvalue weighted by Crippen LogP contribution is -2.23. The quantitative estimate of drug-likeness (QED) is 0.767. The van der Waals surface area contributed by atoms with E-state index < -0.39 is 0 Å². The first-order chi connectivity index (χ1) is 7.18. The highest BCUT2D eigenvalue weighted by atomic mass is 15.2. The van der Waals surface area contributed by atoms with E-state index in [1.54, 1.807) is 0 Å². The molecular formula is C13H20N2. The van der Waals surface area contributed by atoms with Gasteiger partial charge in [-0.15, -0.1) is 0 Å². The Bertz CT molecular complexity index is 344. The molecule has 0 fully saturated rings. The van der Waals surface area contributed by atoms with Gasteiger partial charge in [-0.2, -0.15) is 0 Å². The third kappa shape index (κ3) is 2.09. The van der Waals surface area contributed by atoms with Crippen molar-refractivity contribution in [3.05, 3.63) is 23.8 Å². The molecule has 1 aliphatic rings. The minimum absolute atomic E-state index is 0.763. The summed E-state index contributed by atoms with van der Waals surface area (Å²) in [6.45, 7) is 6.81. The van der Waals surface area contributed by atoms with Crippen LogP contribution in [0.15, 0.2) is 18.2 Å². The molecule has 2 heteroatoms. The average molecular weight is 204 g/mol. The van der Waals surface area contributed by atoms with Crippen molar-refractivity contribution in [3.8, 4) is 0 Å². The molecule has 0 radical (unpaired) electrons. The van der Waals surface area contributed by atoms with Crippen LogP contribution in [0.2, 0.25) is 0 Å². The van der Waals surface area contributed by atoms with E-state index in [0.717, 1.165) is 31.1 Å². The molecule has 0 atom stereocenters. The molecule has 2 N–H and O–H groups in total. The van der Waals surface area contributed by atoms with Crippen molar-refractivity contribution < 1.29 is 0 Å². The number of fused-ring (bicyclic) bond motifs is 1. The number of nitrogen functional groups attached to an aromatic ring is 1. The molecule has 0 amide bonds. The summed E-state index contributed by atoms with van der Waals surface area (Å²) >= 11 is 0. The van der Waals surface area contributed by atoms with Crippen LogP contribution in [0.4, 0.5) is 11.4 Å². The van der Waals surface area contributed by atoms with Gasteiger partial charge in [0.05, 0.1) is 11.4 Å². The number of benzene rings is 1. The van der Waals surface area contributed by atoms with E-state index in [0.29, 0.717) is 0 Å². The Morgan fingerprint density at radius 1 is 1.40 bits per heavy atom. The molecule has 2 rings (SSSR count). The molecule has 0 aliphatic carbocycles. The maximum atomic E-state index is 6.03. The monoisotopic (exact) mass is 204 g/mol. The van der Waals surface area contributed by atoms with Gasteiger partial charge in [0.15, 0.2) is 0 Å². The fraction of sp³-hybridized carbons (Fsp3) is 0.538. The van der Waals surface area contributed by atoms with Gasteiger partial charge in [-0.25, -0.2) is 0 Å². The van der Waals surface area contributed by atoms with E-state index >= 15 is 0 Å². The summed E-state index contributed by atoms with van der Waals surface area (Å²) in [7, 11) is 0. The predicted molar refractivity (Wildman–Crippen MR) is 66.2 cm³/mol. The Morgan fingerprint density at radius 2 is 2.20 bits per heavy atom. The second-order valence-electron chi connectivity index (χ2n) is 4.77. The molecule has 0 bridgehead atoms. The summed E-state index contributed by atoms with van der Waals surface area (Å²) < 4.78 is 0. The Morgan fingerprint density at radius 3 is 2.93 bits per heavy atom. The summed E-state index contributed by atoms with van der Waals surface area (Å²) in [5.74, 6) is 0.763. The summed E-state index contributed by atoms with van der Waals surface area (Å²) in [6.07, 6.45) is 2.40. The van der Waals surface area contributed by atoms with Gasteiger partial charge < -0.3 is 10.6 Å². The molecule has 82 valence electrons. The van der Waals surface area contributed by atoms with Gasteiger partial charge in [0.25, 0.3) is 0 Å². The maximum absolute atomic E-state index is 6.03. The Balaban J connectivity index is 2.13. The molecule has 0 saturated carbocycles. The minimum Gasteiger partial charge on any atom is -0.397 e. The van der Waals surface area contributed by atoms with E-state index in [2.05, 4.69) is 30.9 Å². The lowest BCUT2D eigenvalue weighted by molar-refractivity contribution is 0.578.